The molecule has 1 saturated carbocycles. The lowest BCUT2D eigenvalue weighted by molar-refractivity contribution is -0.192. The zero-order valence-electron chi connectivity index (χ0n) is 16.9. The summed E-state index contributed by atoms with van der Waals surface area (Å²) in [5.74, 6) is -1.72. The third-order valence-corrected chi connectivity index (χ3v) is 5.79. The lowest BCUT2D eigenvalue weighted by Crippen LogP contribution is -2.59. The Bertz CT molecular complexity index is 683. The first-order valence-electron chi connectivity index (χ1n) is 9.45. The van der Waals surface area contributed by atoms with Crippen LogP contribution in [0.1, 0.15) is 31.4 Å². The lowest BCUT2D eigenvalue weighted by atomic mass is 9.59. The number of carboxylic acids is 1. The van der Waals surface area contributed by atoms with Gasteiger partial charge in [-0.2, -0.15) is 13.2 Å². The second-order valence-corrected chi connectivity index (χ2v) is 7.88. The van der Waals surface area contributed by atoms with E-state index in [4.69, 9.17) is 14.3 Å². The maximum absolute atomic E-state index is 12.1. The van der Waals surface area contributed by atoms with E-state index in [1.54, 1.807) is 11.2 Å². The molecule has 2 aliphatic rings. The molecule has 3 rings (SSSR count). The third-order valence-electron chi connectivity index (χ3n) is 5.79. The van der Waals surface area contributed by atoms with E-state index in [1.807, 2.05) is 31.1 Å². The number of hydrogen-bond acceptors (Lipinski definition) is 4. The summed E-state index contributed by atoms with van der Waals surface area (Å²) in [5, 5.41) is 7.12. The maximum Gasteiger partial charge on any atom is 0.490 e. The van der Waals surface area contributed by atoms with E-state index in [0.717, 1.165) is 38.2 Å². The number of likely N-dealkylation sites (tertiary alicyclic amines) is 1. The number of halogens is 3. The summed E-state index contributed by atoms with van der Waals surface area (Å²) in [7, 11) is 5.86. The van der Waals surface area contributed by atoms with Gasteiger partial charge in [-0.3, -0.25) is 4.90 Å². The summed E-state index contributed by atoms with van der Waals surface area (Å²) in [4.78, 5) is 27.1. The zero-order chi connectivity index (χ0) is 21.8. The molecule has 1 aliphatic carbocycles. The van der Waals surface area contributed by atoms with Crippen LogP contribution in [0.4, 0.5) is 18.0 Å². The number of rotatable bonds is 3. The van der Waals surface area contributed by atoms with Gasteiger partial charge in [0.1, 0.15) is 5.76 Å². The van der Waals surface area contributed by atoms with Gasteiger partial charge in [-0.05, 0) is 50.3 Å². The molecular weight excluding hydrogens is 391 g/mol. The van der Waals surface area contributed by atoms with E-state index in [2.05, 4.69) is 11.9 Å². The fourth-order valence-electron chi connectivity index (χ4n) is 4.14. The fraction of sp³-hybridized carbons (Fsp3) is 0.684. The molecule has 1 spiro atoms. The number of hydrogen-bond donors (Lipinski definition) is 1. The van der Waals surface area contributed by atoms with Crippen LogP contribution in [0, 0.1) is 5.41 Å². The molecule has 29 heavy (non-hydrogen) atoms. The Kier molecular flexibility index (Phi) is 7.20. The number of amides is 2. The van der Waals surface area contributed by atoms with Crippen molar-refractivity contribution in [2.45, 2.75) is 44.4 Å². The minimum Gasteiger partial charge on any atom is -0.475 e. The van der Waals surface area contributed by atoms with Crippen molar-refractivity contribution in [3.8, 4) is 0 Å². The Balaban J connectivity index is 0.000000370. The van der Waals surface area contributed by atoms with E-state index >= 15 is 0 Å². The minimum atomic E-state index is -5.08. The van der Waals surface area contributed by atoms with Crippen LogP contribution < -0.4 is 0 Å². The first-order chi connectivity index (χ1) is 13.5. The number of carbonyl (C=O) groups is 2. The molecule has 1 aromatic rings. The van der Waals surface area contributed by atoms with Crippen molar-refractivity contribution in [1.29, 1.82) is 0 Å². The van der Waals surface area contributed by atoms with Gasteiger partial charge >= 0.3 is 18.2 Å². The normalized spacial score (nSPS) is 20.7. The molecule has 1 N–H and O–H groups in total. The molecule has 1 aromatic heterocycles. The summed E-state index contributed by atoms with van der Waals surface area (Å²) in [6.45, 7) is 2.66. The van der Waals surface area contributed by atoms with Crippen LogP contribution in [-0.2, 0) is 11.3 Å². The standard InChI is InChI=1S/C17H27N3O2.C2HF3O2/c1-18(2)16(21)20-10-8-17(9-11-20)7-6-15(17)19(3)13-14-5-4-12-22-14;3-2(4,5)1(6)7/h4-5,12,15H,6-11,13H2,1-3H3;(H,6,7). The second-order valence-electron chi connectivity index (χ2n) is 7.88. The van der Waals surface area contributed by atoms with Crippen molar-refractivity contribution in [2.24, 2.45) is 5.41 Å². The zero-order valence-corrected chi connectivity index (χ0v) is 16.9. The van der Waals surface area contributed by atoms with Gasteiger partial charge in [0, 0.05) is 33.2 Å². The molecule has 1 atom stereocenters. The summed E-state index contributed by atoms with van der Waals surface area (Å²) < 4.78 is 37.2. The first-order valence-corrected chi connectivity index (χ1v) is 9.45. The molecular formula is C19H28F3N3O4. The van der Waals surface area contributed by atoms with Gasteiger partial charge in [0.25, 0.3) is 0 Å². The molecule has 0 aromatic carbocycles. The number of aliphatic carboxylic acids is 1. The van der Waals surface area contributed by atoms with Crippen LogP contribution in [0.25, 0.3) is 0 Å². The molecule has 1 aliphatic heterocycles. The molecule has 0 bridgehead atoms. The fourth-order valence-corrected chi connectivity index (χ4v) is 4.14. The summed E-state index contributed by atoms with van der Waals surface area (Å²) >= 11 is 0. The molecule has 1 unspecified atom stereocenters. The van der Waals surface area contributed by atoms with Gasteiger partial charge in [-0.1, -0.05) is 0 Å². The van der Waals surface area contributed by atoms with Crippen molar-refractivity contribution in [1.82, 2.24) is 14.7 Å². The Morgan fingerprint density at radius 2 is 1.83 bits per heavy atom. The number of alkyl halides is 3. The van der Waals surface area contributed by atoms with Gasteiger partial charge in [0.05, 0.1) is 12.8 Å². The van der Waals surface area contributed by atoms with E-state index in [-0.39, 0.29) is 6.03 Å². The highest BCUT2D eigenvalue weighted by Gasteiger charge is 2.50. The Labute approximate surface area is 168 Å². The minimum absolute atomic E-state index is 0.148. The highest BCUT2D eigenvalue weighted by molar-refractivity contribution is 5.74. The number of nitrogens with zero attached hydrogens (tertiary/aromatic N) is 3. The molecule has 2 heterocycles. The Morgan fingerprint density at radius 3 is 2.21 bits per heavy atom. The van der Waals surface area contributed by atoms with Crippen LogP contribution in [-0.4, -0.2) is 78.3 Å². The first kappa shape index (κ1) is 23.1. The smallest absolute Gasteiger partial charge is 0.475 e. The average Bonchev–Trinajstić information content (AvgIpc) is 3.12. The van der Waals surface area contributed by atoms with Crippen LogP contribution in [0.5, 0.6) is 0 Å². The molecule has 7 nitrogen and oxygen atoms in total. The summed E-state index contributed by atoms with van der Waals surface area (Å²) in [6.07, 6.45) is 1.47. The van der Waals surface area contributed by atoms with Crippen LogP contribution in [0.15, 0.2) is 22.8 Å². The molecule has 2 amide bonds. The monoisotopic (exact) mass is 419 g/mol. The predicted octanol–water partition coefficient (Wildman–Crippen LogP) is 3.27. The van der Waals surface area contributed by atoms with Gasteiger partial charge in [0.2, 0.25) is 0 Å². The van der Waals surface area contributed by atoms with Crippen LogP contribution >= 0.6 is 0 Å². The number of piperidine rings is 1. The highest BCUT2D eigenvalue weighted by Crippen LogP contribution is 2.51. The SMILES string of the molecule is CN(C)C(=O)N1CCC2(CCC2N(C)Cc2ccco2)CC1.O=C(O)C(F)(F)F. The summed E-state index contributed by atoms with van der Waals surface area (Å²) in [6, 6.07) is 4.76. The number of carboxylic acid groups (broad SMARTS) is 1. The molecule has 2 fully saturated rings. The van der Waals surface area contributed by atoms with Gasteiger partial charge in [-0.15, -0.1) is 0 Å². The highest BCUT2D eigenvalue weighted by atomic mass is 19.4. The largest absolute Gasteiger partial charge is 0.490 e. The summed E-state index contributed by atoms with van der Waals surface area (Å²) in [5.41, 5.74) is 0.407. The number of urea groups is 1. The molecule has 0 radical (unpaired) electrons. The van der Waals surface area contributed by atoms with Gasteiger partial charge in [0.15, 0.2) is 0 Å². The molecule has 1 saturated heterocycles. The Hall–Kier alpha value is -2.23. The predicted molar refractivity (Wildman–Crippen MR) is 99.2 cm³/mol. The van der Waals surface area contributed by atoms with Crippen molar-refractivity contribution in [3.05, 3.63) is 24.2 Å². The quantitative estimate of drug-likeness (QED) is 0.814. The maximum atomic E-state index is 12.1. The Morgan fingerprint density at radius 1 is 1.24 bits per heavy atom. The molecule has 10 heteroatoms. The molecule has 164 valence electrons. The topological polar surface area (TPSA) is 77.2 Å². The van der Waals surface area contributed by atoms with Gasteiger partial charge < -0.3 is 19.3 Å². The van der Waals surface area contributed by atoms with Crippen molar-refractivity contribution < 1.29 is 32.3 Å². The number of carbonyl (C=O) groups excluding carboxylic acids is 1. The average molecular weight is 419 g/mol. The van der Waals surface area contributed by atoms with Gasteiger partial charge in [-0.25, -0.2) is 9.59 Å². The van der Waals surface area contributed by atoms with E-state index in [9.17, 15) is 18.0 Å². The second kappa shape index (κ2) is 9.06. The van der Waals surface area contributed by atoms with Crippen LogP contribution in [0.3, 0.4) is 0 Å². The third kappa shape index (κ3) is 5.65. The van der Waals surface area contributed by atoms with Crippen molar-refractivity contribution in [3.63, 3.8) is 0 Å². The number of furan rings is 1. The van der Waals surface area contributed by atoms with E-state index in [1.165, 1.54) is 12.8 Å². The van der Waals surface area contributed by atoms with Crippen LogP contribution in [0.2, 0.25) is 0 Å². The van der Waals surface area contributed by atoms with Crippen molar-refractivity contribution >= 4 is 12.0 Å². The van der Waals surface area contributed by atoms with Crippen molar-refractivity contribution in [2.75, 3.05) is 34.2 Å². The van der Waals surface area contributed by atoms with E-state index in [0.29, 0.717) is 11.5 Å². The lowest BCUT2D eigenvalue weighted by Gasteiger charge is -2.57. The van der Waals surface area contributed by atoms with E-state index < -0.39 is 12.1 Å².